The van der Waals surface area contributed by atoms with E-state index in [1.165, 1.54) is 12.1 Å². The Balaban J connectivity index is 1.28. The van der Waals surface area contributed by atoms with Crippen molar-refractivity contribution < 1.29 is 32.3 Å². The zero-order valence-electron chi connectivity index (χ0n) is 18.1. The number of rotatable bonds is 4. The summed E-state index contributed by atoms with van der Waals surface area (Å²) >= 11 is 0. The van der Waals surface area contributed by atoms with Crippen molar-refractivity contribution in [1.29, 1.82) is 5.26 Å². The van der Waals surface area contributed by atoms with E-state index in [1.54, 1.807) is 24.3 Å². The molecule has 6 atom stereocenters. The molecule has 6 rings (SSSR count). The number of amides is 2. The number of benzene rings is 2. The Hall–Kier alpha value is -3.87. The van der Waals surface area contributed by atoms with Gasteiger partial charge in [-0.25, -0.2) is 0 Å². The van der Waals surface area contributed by atoms with E-state index in [1.807, 2.05) is 6.07 Å². The fourth-order valence-corrected chi connectivity index (χ4v) is 6.28. The molecule has 0 spiro atoms. The Morgan fingerprint density at radius 2 is 1.77 bits per heavy atom. The van der Waals surface area contributed by atoms with Crippen LogP contribution in [0, 0.1) is 40.9 Å². The summed E-state index contributed by atoms with van der Waals surface area (Å²) in [6, 6.07) is 13.3. The molecule has 2 aromatic rings. The number of alkyl halides is 3. The highest BCUT2D eigenvalue weighted by Gasteiger charge is 2.70. The van der Waals surface area contributed by atoms with Crippen LogP contribution < -0.4 is 9.64 Å². The molecule has 2 heterocycles. The van der Waals surface area contributed by atoms with Crippen LogP contribution >= 0.6 is 0 Å². The first kappa shape index (κ1) is 21.6. The zero-order valence-corrected chi connectivity index (χ0v) is 18.1. The highest BCUT2D eigenvalue weighted by atomic mass is 19.4. The summed E-state index contributed by atoms with van der Waals surface area (Å²) < 4.78 is 44.9. The van der Waals surface area contributed by atoms with Gasteiger partial charge in [0.25, 0.3) is 0 Å². The first-order chi connectivity index (χ1) is 16.8. The van der Waals surface area contributed by atoms with Gasteiger partial charge in [-0.3, -0.25) is 14.5 Å². The number of carbonyl (C=O) groups excluding carboxylic acids is 2. The molecule has 2 bridgehead atoms. The summed E-state index contributed by atoms with van der Waals surface area (Å²) in [4.78, 5) is 33.4. The molecule has 10 heteroatoms. The molecular weight excluding hydrogens is 463 g/mol. The SMILES string of the molecule is N#CCOc1ccc(C2=NO[C@@H]3[C@@H]4C[C@@H]([C@H]5C(=O)N(c6cccc(C(F)(F)F)c6)C(=O)[C@@H]45)[C@H]23)cc1. The molecule has 0 N–H and O–H groups in total. The van der Waals surface area contributed by atoms with Gasteiger partial charge in [-0.1, -0.05) is 11.2 Å². The number of hydrogen-bond acceptors (Lipinski definition) is 6. The highest BCUT2D eigenvalue weighted by molar-refractivity contribution is 6.23. The number of carbonyl (C=O) groups is 2. The second kappa shape index (κ2) is 7.57. The number of anilines is 1. The topological polar surface area (TPSA) is 92.0 Å². The monoisotopic (exact) mass is 481 g/mol. The predicted molar refractivity (Wildman–Crippen MR) is 115 cm³/mol. The normalized spacial score (nSPS) is 30.6. The van der Waals surface area contributed by atoms with E-state index in [-0.39, 0.29) is 36.2 Å². The summed E-state index contributed by atoms with van der Waals surface area (Å²) in [7, 11) is 0. The Kier molecular flexibility index (Phi) is 4.68. The lowest BCUT2D eigenvalue weighted by molar-refractivity contribution is -0.137. The fraction of sp³-hybridized carbons (Fsp3) is 0.360. The maximum Gasteiger partial charge on any atom is 0.416 e. The van der Waals surface area contributed by atoms with E-state index >= 15 is 0 Å². The highest BCUT2D eigenvalue weighted by Crippen LogP contribution is 2.62. The molecule has 7 nitrogen and oxygen atoms in total. The number of fused-ring (bicyclic) bond motifs is 8. The van der Waals surface area contributed by atoms with Crippen molar-refractivity contribution in [2.75, 3.05) is 11.5 Å². The average molecular weight is 481 g/mol. The summed E-state index contributed by atoms with van der Waals surface area (Å²) in [6.07, 6.45) is -4.31. The maximum absolute atomic E-state index is 13.4. The lowest BCUT2D eigenvalue weighted by atomic mass is 9.71. The first-order valence-electron chi connectivity index (χ1n) is 11.2. The summed E-state index contributed by atoms with van der Waals surface area (Å²) in [6.45, 7) is -0.0700. The van der Waals surface area contributed by atoms with Crippen LogP contribution in [0.5, 0.6) is 5.75 Å². The number of oxime groups is 1. The van der Waals surface area contributed by atoms with Gasteiger partial charge in [0.15, 0.2) is 6.61 Å². The molecule has 3 fully saturated rings. The molecule has 178 valence electrons. The van der Waals surface area contributed by atoms with Crippen molar-refractivity contribution >= 4 is 23.2 Å². The molecule has 4 aliphatic rings. The van der Waals surface area contributed by atoms with Gasteiger partial charge in [0.05, 0.1) is 28.8 Å². The van der Waals surface area contributed by atoms with Gasteiger partial charge in [-0.2, -0.15) is 18.4 Å². The lowest BCUT2D eigenvalue weighted by Gasteiger charge is -2.29. The van der Waals surface area contributed by atoms with Gasteiger partial charge in [0, 0.05) is 17.4 Å². The molecule has 2 aliphatic carbocycles. The molecule has 2 aliphatic heterocycles. The van der Waals surface area contributed by atoms with Gasteiger partial charge in [-0.15, -0.1) is 0 Å². The molecule has 2 aromatic carbocycles. The molecule has 0 radical (unpaired) electrons. The van der Waals surface area contributed by atoms with Gasteiger partial charge in [-0.05, 0) is 54.8 Å². The van der Waals surface area contributed by atoms with Crippen molar-refractivity contribution in [2.45, 2.75) is 18.7 Å². The first-order valence-corrected chi connectivity index (χ1v) is 11.2. The standard InChI is InChI=1S/C25H18F3N3O4/c26-25(27,28)13-2-1-3-14(10-13)31-23(32)18-16-11-17(19(18)24(31)33)22-20(16)21(30-35-22)12-4-6-15(7-5-12)34-9-8-29/h1-7,10,16-20,22H,9,11H2/t16-,17+,18+,19-,20+,22+/m0/s1. The van der Waals surface area contributed by atoms with Crippen LogP contribution in [0.15, 0.2) is 53.7 Å². The van der Waals surface area contributed by atoms with Crippen molar-refractivity contribution in [3.63, 3.8) is 0 Å². The van der Waals surface area contributed by atoms with Gasteiger partial charge >= 0.3 is 6.18 Å². The van der Waals surface area contributed by atoms with Crippen molar-refractivity contribution in [3.05, 3.63) is 59.7 Å². The van der Waals surface area contributed by atoms with E-state index in [2.05, 4.69) is 5.16 Å². The van der Waals surface area contributed by atoms with Crippen molar-refractivity contribution in [3.8, 4) is 11.8 Å². The molecule has 0 unspecified atom stereocenters. The summed E-state index contributed by atoms with van der Waals surface area (Å²) in [5, 5.41) is 12.9. The Labute approximate surface area is 197 Å². The van der Waals surface area contributed by atoms with Crippen LogP contribution in [0.2, 0.25) is 0 Å². The minimum absolute atomic E-state index is 0.0587. The Morgan fingerprint density at radius 1 is 1.06 bits per heavy atom. The van der Waals surface area contributed by atoms with Crippen LogP contribution in [0.4, 0.5) is 18.9 Å². The molecule has 35 heavy (non-hydrogen) atoms. The molecular formula is C25H18F3N3O4. The minimum atomic E-state index is -4.58. The van der Waals surface area contributed by atoms with Crippen LogP contribution in [-0.2, 0) is 20.6 Å². The Bertz CT molecular complexity index is 1300. The van der Waals surface area contributed by atoms with Crippen molar-refractivity contribution in [1.82, 2.24) is 0 Å². The number of nitrogens with zero attached hydrogens (tertiary/aromatic N) is 3. The lowest BCUT2D eigenvalue weighted by Crippen LogP contribution is -2.41. The number of imide groups is 1. The smallest absolute Gasteiger partial charge is 0.416 e. The van der Waals surface area contributed by atoms with Gasteiger partial charge in [0.2, 0.25) is 11.8 Å². The molecule has 2 amide bonds. The van der Waals surface area contributed by atoms with Gasteiger partial charge < -0.3 is 9.57 Å². The third-order valence-corrected chi connectivity index (χ3v) is 7.58. The van der Waals surface area contributed by atoms with Crippen LogP contribution in [0.25, 0.3) is 0 Å². The third-order valence-electron chi connectivity index (χ3n) is 7.58. The zero-order chi connectivity index (χ0) is 24.5. The molecule has 0 aromatic heterocycles. The van der Waals surface area contributed by atoms with Crippen LogP contribution in [-0.4, -0.2) is 30.2 Å². The second-order valence-electron chi connectivity index (χ2n) is 9.22. The third kappa shape index (κ3) is 3.14. The van der Waals surface area contributed by atoms with E-state index in [4.69, 9.17) is 14.8 Å². The van der Waals surface area contributed by atoms with Crippen LogP contribution in [0.3, 0.4) is 0 Å². The van der Waals surface area contributed by atoms with Crippen LogP contribution in [0.1, 0.15) is 17.5 Å². The van der Waals surface area contributed by atoms with Gasteiger partial charge in [0.1, 0.15) is 17.9 Å². The Morgan fingerprint density at radius 3 is 2.46 bits per heavy atom. The van der Waals surface area contributed by atoms with E-state index in [0.29, 0.717) is 17.9 Å². The number of halogens is 3. The predicted octanol–water partition coefficient (Wildman–Crippen LogP) is 3.78. The molecule has 2 saturated carbocycles. The number of ether oxygens (including phenoxy) is 1. The number of nitriles is 1. The largest absolute Gasteiger partial charge is 0.479 e. The van der Waals surface area contributed by atoms with E-state index < -0.39 is 35.4 Å². The quantitative estimate of drug-likeness (QED) is 0.620. The number of hydrogen-bond donors (Lipinski definition) is 0. The van der Waals surface area contributed by atoms with E-state index in [0.717, 1.165) is 22.6 Å². The summed E-state index contributed by atoms with van der Waals surface area (Å²) in [5.74, 6) is -2.26. The maximum atomic E-state index is 13.4. The molecule has 1 saturated heterocycles. The fourth-order valence-electron chi connectivity index (χ4n) is 6.28. The van der Waals surface area contributed by atoms with E-state index in [9.17, 15) is 22.8 Å². The average Bonchev–Trinajstić information content (AvgIpc) is 3.58. The van der Waals surface area contributed by atoms with Crippen molar-refractivity contribution in [2.24, 2.45) is 34.7 Å². The minimum Gasteiger partial charge on any atom is -0.479 e. The summed E-state index contributed by atoms with van der Waals surface area (Å²) in [5.41, 5.74) is 0.506. The second-order valence-corrected chi connectivity index (χ2v) is 9.22.